The fraction of sp³-hybridized carbons (Fsp3) is 0.533. The van der Waals surface area contributed by atoms with E-state index in [9.17, 15) is 4.79 Å². The molecule has 0 saturated heterocycles. The number of hydrogen-bond acceptors (Lipinski definition) is 2. The first-order chi connectivity index (χ1) is 8.32. The van der Waals surface area contributed by atoms with Crippen LogP contribution in [-0.4, -0.2) is 11.9 Å². The lowest BCUT2D eigenvalue weighted by Crippen LogP contribution is -2.45. The summed E-state index contributed by atoms with van der Waals surface area (Å²) in [5.74, 6) is -0.0998. The molecule has 1 aromatic rings. The monoisotopic (exact) mass is 248 g/mol. The van der Waals surface area contributed by atoms with Gasteiger partial charge in [0.05, 0.1) is 6.04 Å². The van der Waals surface area contributed by atoms with Gasteiger partial charge >= 0.3 is 0 Å². The number of amides is 1. The van der Waals surface area contributed by atoms with Crippen LogP contribution in [0.25, 0.3) is 0 Å². The molecule has 0 aliphatic rings. The third-order valence-corrected chi connectivity index (χ3v) is 3.43. The highest BCUT2D eigenvalue weighted by molar-refractivity contribution is 5.80. The summed E-state index contributed by atoms with van der Waals surface area (Å²) in [5, 5.41) is 3.30. The van der Waals surface area contributed by atoms with Crippen LogP contribution in [0.2, 0.25) is 0 Å². The van der Waals surface area contributed by atoms with Gasteiger partial charge in [0.1, 0.15) is 0 Å². The lowest BCUT2D eigenvalue weighted by molar-refractivity contribution is -0.121. The molecule has 0 fully saturated rings. The zero-order valence-corrected chi connectivity index (χ0v) is 11.9. The fourth-order valence-corrected chi connectivity index (χ4v) is 2.00. The van der Waals surface area contributed by atoms with E-state index in [-0.39, 0.29) is 23.9 Å². The Balaban J connectivity index is 2.83. The Morgan fingerprint density at radius 1 is 1.17 bits per heavy atom. The predicted octanol–water partition coefficient (Wildman–Crippen LogP) is 2.46. The van der Waals surface area contributed by atoms with Crippen molar-refractivity contribution in [3.63, 3.8) is 0 Å². The van der Waals surface area contributed by atoms with E-state index in [0.29, 0.717) is 0 Å². The van der Waals surface area contributed by atoms with Gasteiger partial charge in [-0.1, -0.05) is 32.0 Å². The fourth-order valence-electron chi connectivity index (χ4n) is 2.00. The van der Waals surface area contributed by atoms with Crippen LogP contribution in [0.4, 0.5) is 0 Å². The second kappa shape index (κ2) is 6.01. The Labute approximate surface area is 110 Å². The summed E-state index contributed by atoms with van der Waals surface area (Å²) >= 11 is 0. The van der Waals surface area contributed by atoms with Gasteiger partial charge in [0.2, 0.25) is 5.91 Å². The molecule has 3 heteroatoms. The van der Waals surface area contributed by atoms with Crippen molar-refractivity contribution in [2.45, 2.75) is 46.7 Å². The molecule has 0 saturated carbocycles. The summed E-state index contributed by atoms with van der Waals surface area (Å²) in [4.78, 5) is 11.4. The molecule has 0 aliphatic heterocycles. The van der Waals surface area contributed by atoms with Crippen LogP contribution >= 0.6 is 0 Å². The summed E-state index contributed by atoms with van der Waals surface area (Å²) in [6, 6.07) is 6.19. The molecule has 3 N–H and O–H groups in total. The third kappa shape index (κ3) is 3.57. The van der Waals surface area contributed by atoms with Gasteiger partial charge in [-0.25, -0.2) is 0 Å². The molecule has 1 amide bonds. The quantitative estimate of drug-likeness (QED) is 0.841. The van der Waals surface area contributed by atoms with Crippen molar-refractivity contribution < 1.29 is 4.79 Å². The molecular formula is C15H24N2O. The molecule has 18 heavy (non-hydrogen) atoms. The molecule has 1 rings (SSSR count). The van der Waals surface area contributed by atoms with E-state index in [0.717, 1.165) is 0 Å². The largest absolute Gasteiger partial charge is 0.368 e. The van der Waals surface area contributed by atoms with Gasteiger partial charge in [0.25, 0.3) is 0 Å². The summed E-state index contributed by atoms with van der Waals surface area (Å²) in [6.45, 7) is 10.2. The Kier molecular flexibility index (Phi) is 4.91. The van der Waals surface area contributed by atoms with Gasteiger partial charge < -0.3 is 5.73 Å². The Morgan fingerprint density at radius 3 is 2.22 bits per heavy atom. The van der Waals surface area contributed by atoms with E-state index in [1.165, 1.54) is 16.7 Å². The topological polar surface area (TPSA) is 55.1 Å². The number of rotatable bonds is 5. The average Bonchev–Trinajstić information content (AvgIpc) is 2.28. The molecule has 0 radical (unpaired) electrons. The first-order valence-electron chi connectivity index (χ1n) is 6.45. The van der Waals surface area contributed by atoms with E-state index in [2.05, 4.69) is 44.3 Å². The maximum Gasteiger partial charge on any atom is 0.234 e. The van der Waals surface area contributed by atoms with Crippen LogP contribution in [0, 0.1) is 19.8 Å². The zero-order chi connectivity index (χ0) is 13.9. The maximum absolute atomic E-state index is 11.4. The molecule has 2 unspecified atom stereocenters. The first-order valence-corrected chi connectivity index (χ1v) is 6.45. The lowest BCUT2D eigenvalue weighted by atomic mass is 9.98. The van der Waals surface area contributed by atoms with Crippen LogP contribution < -0.4 is 11.1 Å². The number of carbonyl (C=O) groups is 1. The summed E-state index contributed by atoms with van der Waals surface area (Å²) in [6.07, 6.45) is 0. The van der Waals surface area contributed by atoms with Crippen LogP contribution in [-0.2, 0) is 4.79 Å². The normalized spacial score (nSPS) is 14.6. The molecule has 0 aliphatic carbocycles. The second-order valence-electron chi connectivity index (χ2n) is 5.36. The molecule has 1 aromatic carbocycles. The lowest BCUT2D eigenvalue weighted by Gasteiger charge is -2.24. The number of nitrogens with two attached hydrogens (primary N) is 1. The highest BCUT2D eigenvalue weighted by Crippen LogP contribution is 2.18. The van der Waals surface area contributed by atoms with E-state index < -0.39 is 0 Å². The summed E-state index contributed by atoms with van der Waals surface area (Å²) < 4.78 is 0. The van der Waals surface area contributed by atoms with Crippen LogP contribution in [0.3, 0.4) is 0 Å². The summed E-state index contributed by atoms with van der Waals surface area (Å²) in [7, 11) is 0. The summed E-state index contributed by atoms with van der Waals surface area (Å²) in [5.41, 5.74) is 9.15. The smallest absolute Gasteiger partial charge is 0.234 e. The van der Waals surface area contributed by atoms with E-state index >= 15 is 0 Å². The zero-order valence-electron chi connectivity index (χ0n) is 11.9. The van der Waals surface area contributed by atoms with Gasteiger partial charge in [0.15, 0.2) is 0 Å². The van der Waals surface area contributed by atoms with Crippen LogP contribution in [0.5, 0.6) is 0 Å². The Bertz CT molecular complexity index is 427. The van der Waals surface area contributed by atoms with Crippen LogP contribution in [0.15, 0.2) is 18.2 Å². The number of benzene rings is 1. The SMILES string of the molecule is Cc1ccc(C(C)NC(C(N)=O)C(C)C)cc1C. The minimum Gasteiger partial charge on any atom is -0.368 e. The number of nitrogens with one attached hydrogen (secondary N) is 1. The number of hydrogen-bond donors (Lipinski definition) is 2. The molecule has 2 atom stereocenters. The van der Waals surface area contributed by atoms with Crippen molar-refractivity contribution >= 4 is 5.91 Å². The minimum absolute atomic E-state index is 0.115. The maximum atomic E-state index is 11.4. The number of carbonyl (C=O) groups excluding carboxylic acids is 1. The van der Waals surface area contributed by atoms with Gasteiger partial charge in [-0.05, 0) is 43.4 Å². The number of aryl methyl sites for hydroxylation is 2. The molecular weight excluding hydrogens is 224 g/mol. The third-order valence-electron chi connectivity index (χ3n) is 3.43. The van der Waals surface area contributed by atoms with Crippen LogP contribution in [0.1, 0.15) is 43.5 Å². The number of primary amides is 1. The Hall–Kier alpha value is -1.35. The average molecular weight is 248 g/mol. The molecule has 3 nitrogen and oxygen atoms in total. The predicted molar refractivity (Wildman–Crippen MR) is 75.3 cm³/mol. The molecule has 0 aromatic heterocycles. The van der Waals surface area contributed by atoms with Crippen molar-refractivity contribution in [3.8, 4) is 0 Å². The van der Waals surface area contributed by atoms with Gasteiger partial charge in [-0.3, -0.25) is 10.1 Å². The van der Waals surface area contributed by atoms with E-state index in [1.54, 1.807) is 0 Å². The molecule has 0 spiro atoms. The van der Waals surface area contributed by atoms with Crippen molar-refractivity contribution in [1.82, 2.24) is 5.32 Å². The van der Waals surface area contributed by atoms with Crippen molar-refractivity contribution in [2.75, 3.05) is 0 Å². The van der Waals surface area contributed by atoms with Gasteiger partial charge in [-0.2, -0.15) is 0 Å². The van der Waals surface area contributed by atoms with E-state index in [1.807, 2.05) is 13.8 Å². The molecule has 0 heterocycles. The van der Waals surface area contributed by atoms with Crippen molar-refractivity contribution in [1.29, 1.82) is 0 Å². The van der Waals surface area contributed by atoms with Gasteiger partial charge in [-0.15, -0.1) is 0 Å². The van der Waals surface area contributed by atoms with Crippen molar-refractivity contribution in [2.24, 2.45) is 11.7 Å². The van der Waals surface area contributed by atoms with E-state index in [4.69, 9.17) is 5.73 Å². The highest BCUT2D eigenvalue weighted by Gasteiger charge is 2.21. The molecule has 0 bridgehead atoms. The highest BCUT2D eigenvalue weighted by atomic mass is 16.1. The van der Waals surface area contributed by atoms with Gasteiger partial charge in [0, 0.05) is 6.04 Å². The van der Waals surface area contributed by atoms with Crippen molar-refractivity contribution in [3.05, 3.63) is 34.9 Å². The first kappa shape index (κ1) is 14.7. The standard InChI is InChI=1S/C15H24N2O/c1-9(2)14(15(16)18)17-12(5)13-7-6-10(3)11(4)8-13/h6-9,12,14,17H,1-5H3,(H2,16,18). The minimum atomic E-state index is -0.291. The second-order valence-corrected chi connectivity index (χ2v) is 5.36. The Morgan fingerprint density at radius 2 is 1.78 bits per heavy atom. The molecule has 100 valence electrons.